The number of Topliss-reactive ketones (excluding diaryl/α,β-unsaturated/α-hetero) is 1. The van der Waals surface area contributed by atoms with E-state index in [1.54, 1.807) is 0 Å². The average Bonchev–Trinajstić information content (AvgIpc) is 2.57. The number of carbonyl (C=O) groups excluding carboxylic acids is 1. The van der Waals surface area contributed by atoms with E-state index >= 15 is 0 Å². The molecule has 5 nitrogen and oxygen atoms in total. The van der Waals surface area contributed by atoms with E-state index in [1.807, 2.05) is 44.2 Å². The van der Waals surface area contributed by atoms with E-state index in [0.717, 1.165) is 18.4 Å². The molecule has 0 atom stereocenters. The molecule has 0 bridgehead atoms. The standard InChI is InChI=1S/C22H29NO4/c1-22(2)14-17(23-12-8-4-7-11-20(26)27)21(19(25)15-22)18(24)13-16-9-5-3-6-10-16/h3,5-6,9-10,24H,4,7-8,11-15H2,1-2H3,(H,26,27)/b21-18-,23-17?. The first-order chi connectivity index (χ1) is 12.8. The minimum atomic E-state index is -0.781. The number of aliphatic hydroxyl groups is 1. The molecule has 0 spiro atoms. The normalized spacial score (nSPS) is 19.9. The van der Waals surface area contributed by atoms with Gasteiger partial charge in [0.25, 0.3) is 0 Å². The fourth-order valence-electron chi connectivity index (χ4n) is 3.41. The number of hydrogen-bond acceptors (Lipinski definition) is 4. The first-order valence-corrected chi connectivity index (χ1v) is 9.53. The van der Waals surface area contributed by atoms with Crippen LogP contribution in [0.3, 0.4) is 0 Å². The summed E-state index contributed by atoms with van der Waals surface area (Å²) in [5.41, 5.74) is 1.84. The Morgan fingerprint density at radius 1 is 1.07 bits per heavy atom. The van der Waals surface area contributed by atoms with Crippen molar-refractivity contribution < 1.29 is 19.8 Å². The molecule has 2 N–H and O–H groups in total. The number of aliphatic carboxylic acids is 1. The maximum Gasteiger partial charge on any atom is 0.303 e. The van der Waals surface area contributed by atoms with Crippen LogP contribution in [-0.4, -0.2) is 34.2 Å². The van der Waals surface area contributed by atoms with Gasteiger partial charge in [-0.15, -0.1) is 0 Å². The van der Waals surface area contributed by atoms with E-state index in [1.165, 1.54) is 0 Å². The van der Waals surface area contributed by atoms with Gasteiger partial charge in [-0.3, -0.25) is 14.6 Å². The fourth-order valence-corrected chi connectivity index (χ4v) is 3.41. The molecule has 27 heavy (non-hydrogen) atoms. The predicted octanol–water partition coefficient (Wildman–Crippen LogP) is 4.52. The first-order valence-electron chi connectivity index (χ1n) is 9.53. The van der Waals surface area contributed by atoms with Crippen LogP contribution in [0.1, 0.15) is 57.9 Å². The molecule has 0 heterocycles. The predicted molar refractivity (Wildman–Crippen MR) is 106 cm³/mol. The van der Waals surface area contributed by atoms with Crippen molar-refractivity contribution in [3.63, 3.8) is 0 Å². The summed E-state index contributed by atoms with van der Waals surface area (Å²) in [6.07, 6.45) is 3.74. The number of carboxylic acid groups (broad SMARTS) is 1. The fraction of sp³-hybridized carbons (Fsp3) is 0.500. The largest absolute Gasteiger partial charge is 0.511 e. The minimum absolute atomic E-state index is 0.0516. The van der Waals surface area contributed by atoms with Gasteiger partial charge in [0.1, 0.15) is 5.76 Å². The number of rotatable bonds is 8. The maximum absolute atomic E-state index is 12.7. The third-order valence-corrected chi connectivity index (χ3v) is 4.71. The summed E-state index contributed by atoms with van der Waals surface area (Å²) in [5, 5.41) is 19.3. The van der Waals surface area contributed by atoms with E-state index < -0.39 is 5.97 Å². The van der Waals surface area contributed by atoms with Crippen molar-refractivity contribution in [2.75, 3.05) is 6.54 Å². The van der Waals surface area contributed by atoms with Crippen molar-refractivity contribution in [1.82, 2.24) is 0 Å². The Morgan fingerprint density at radius 2 is 1.78 bits per heavy atom. The van der Waals surface area contributed by atoms with Gasteiger partial charge in [-0.2, -0.15) is 0 Å². The SMILES string of the molecule is CC1(C)CC(=O)/C(=C(\O)Cc2ccccc2)C(=NCCCCCC(=O)O)C1. The molecule has 1 aliphatic carbocycles. The molecule has 5 heteroatoms. The lowest BCUT2D eigenvalue weighted by molar-refractivity contribution is -0.137. The molecule has 1 fully saturated rings. The summed E-state index contributed by atoms with van der Waals surface area (Å²) in [5.74, 6) is -0.743. The van der Waals surface area contributed by atoms with Gasteiger partial charge in [-0.05, 0) is 30.2 Å². The quantitative estimate of drug-likeness (QED) is 0.400. The number of nitrogens with zero attached hydrogens (tertiary/aromatic N) is 1. The lowest BCUT2D eigenvalue weighted by atomic mass is 9.73. The molecule has 0 aliphatic heterocycles. The van der Waals surface area contributed by atoms with Crippen LogP contribution >= 0.6 is 0 Å². The van der Waals surface area contributed by atoms with Crippen LogP contribution in [0, 0.1) is 5.41 Å². The first kappa shape index (κ1) is 20.9. The number of carboxylic acids is 1. The highest BCUT2D eigenvalue weighted by atomic mass is 16.4. The highest BCUT2D eigenvalue weighted by Gasteiger charge is 2.36. The van der Waals surface area contributed by atoms with E-state index in [0.29, 0.717) is 43.5 Å². The number of aliphatic hydroxyl groups excluding tert-OH is 1. The highest BCUT2D eigenvalue weighted by molar-refractivity contribution is 6.24. The lowest BCUT2D eigenvalue weighted by Crippen LogP contribution is -2.33. The van der Waals surface area contributed by atoms with Crippen LogP contribution in [0.15, 0.2) is 46.7 Å². The van der Waals surface area contributed by atoms with Crippen molar-refractivity contribution in [1.29, 1.82) is 0 Å². The van der Waals surface area contributed by atoms with Crippen LogP contribution in [0.25, 0.3) is 0 Å². The van der Waals surface area contributed by atoms with Gasteiger partial charge in [0.05, 0.1) is 5.57 Å². The third-order valence-electron chi connectivity index (χ3n) is 4.71. The van der Waals surface area contributed by atoms with Crippen molar-refractivity contribution in [2.24, 2.45) is 10.4 Å². The maximum atomic E-state index is 12.7. The number of allylic oxidation sites excluding steroid dienone is 2. The summed E-state index contributed by atoms with van der Waals surface area (Å²) in [6, 6.07) is 9.58. The molecule has 1 saturated carbocycles. The second-order valence-electron chi connectivity index (χ2n) is 7.96. The van der Waals surface area contributed by atoms with Crippen LogP contribution in [0.5, 0.6) is 0 Å². The summed E-state index contributed by atoms with van der Waals surface area (Å²) >= 11 is 0. The summed E-state index contributed by atoms with van der Waals surface area (Å²) in [4.78, 5) is 27.9. The lowest BCUT2D eigenvalue weighted by Gasteiger charge is -2.31. The Kier molecular flexibility index (Phi) is 7.34. The molecular formula is C22H29NO4. The molecule has 0 aromatic heterocycles. The Hall–Kier alpha value is -2.43. The van der Waals surface area contributed by atoms with Crippen molar-refractivity contribution in [3.8, 4) is 0 Å². The number of ketones is 1. The topological polar surface area (TPSA) is 87.0 Å². The van der Waals surface area contributed by atoms with E-state index in [2.05, 4.69) is 4.99 Å². The molecule has 1 aliphatic rings. The zero-order valence-electron chi connectivity index (χ0n) is 16.2. The zero-order valence-corrected chi connectivity index (χ0v) is 16.2. The highest BCUT2D eigenvalue weighted by Crippen LogP contribution is 2.35. The second kappa shape index (κ2) is 9.49. The molecule has 0 saturated heterocycles. The van der Waals surface area contributed by atoms with Gasteiger partial charge in [0, 0.05) is 31.5 Å². The summed E-state index contributed by atoms with van der Waals surface area (Å²) in [6.45, 7) is 4.62. The van der Waals surface area contributed by atoms with E-state index in [-0.39, 0.29) is 23.4 Å². The van der Waals surface area contributed by atoms with Crippen LogP contribution in [0.4, 0.5) is 0 Å². The minimum Gasteiger partial charge on any atom is -0.511 e. The van der Waals surface area contributed by atoms with Gasteiger partial charge >= 0.3 is 5.97 Å². The van der Waals surface area contributed by atoms with Gasteiger partial charge in [0.2, 0.25) is 0 Å². The molecule has 0 unspecified atom stereocenters. The Balaban J connectivity index is 2.13. The zero-order chi connectivity index (χ0) is 19.9. The molecule has 2 rings (SSSR count). The van der Waals surface area contributed by atoms with Crippen LogP contribution in [-0.2, 0) is 16.0 Å². The molecule has 0 amide bonds. The second-order valence-corrected chi connectivity index (χ2v) is 7.96. The molecule has 146 valence electrons. The van der Waals surface area contributed by atoms with E-state index in [4.69, 9.17) is 5.11 Å². The third kappa shape index (κ3) is 6.66. The van der Waals surface area contributed by atoms with Crippen molar-refractivity contribution in [2.45, 2.75) is 58.8 Å². The summed E-state index contributed by atoms with van der Waals surface area (Å²) in [7, 11) is 0. The molecule has 1 aromatic carbocycles. The van der Waals surface area contributed by atoms with Gasteiger partial charge in [0.15, 0.2) is 5.78 Å². The Morgan fingerprint density at radius 3 is 2.44 bits per heavy atom. The Bertz CT molecular complexity index is 732. The monoisotopic (exact) mass is 371 g/mol. The molecular weight excluding hydrogens is 342 g/mol. The van der Waals surface area contributed by atoms with Gasteiger partial charge in [-0.25, -0.2) is 0 Å². The molecule has 0 radical (unpaired) electrons. The van der Waals surface area contributed by atoms with E-state index in [9.17, 15) is 14.7 Å². The average molecular weight is 371 g/mol. The molecule has 1 aromatic rings. The Labute approximate surface area is 160 Å². The van der Waals surface area contributed by atoms with Crippen LogP contribution < -0.4 is 0 Å². The number of carbonyl (C=O) groups is 2. The van der Waals surface area contributed by atoms with Crippen molar-refractivity contribution in [3.05, 3.63) is 47.2 Å². The smallest absolute Gasteiger partial charge is 0.303 e. The van der Waals surface area contributed by atoms with Gasteiger partial charge < -0.3 is 10.2 Å². The number of unbranched alkanes of at least 4 members (excludes halogenated alkanes) is 2. The number of aliphatic imine (C=N–C) groups is 1. The number of hydrogen-bond donors (Lipinski definition) is 2. The van der Waals surface area contributed by atoms with Crippen LogP contribution in [0.2, 0.25) is 0 Å². The number of benzene rings is 1. The van der Waals surface area contributed by atoms with Gasteiger partial charge in [-0.1, -0.05) is 50.6 Å². The van der Waals surface area contributed by atoms with Crippen molar-refractivity contribution >= 4 is 17.5 Å². The summed E-state index contributed by atoms with van der Waals surface area (Å²) < 4.78 is 0.